The van der Waals surface area contributed by atoms with Crippen molar-refractivity contribution in [2.24, 2.45) is 4.99 Å². The molecule has 1 amide bonds. The predicted octanol–water partition coefficient (Wildman–Crippen LogP) is 0.392. The fraction of sp³-hybridized carbons (Fsp3) is 0.625. The fourth-order valence-electron chi connectivity index (χ4n) is 1.68. The molecule has 13 heavy (non-hydrogen) atoms. The van der Waals surface area contributed by atoms with Gasteiger partial charge in [-0.2, -0.15) is 0 Å². The molecule has 0 saturated carbocycles. The van der Waals surface area contributed by atoms with Crippen molar-refractivity contribution < 1.29 is 9.59 Å². The summed E-state index contributed by atoms with van der Waals surface area (Å²) in [5.41, 5.74) is 0. The molecule has 0 bridgehead atoms. The lowest BCUT2D eigenvalue weighted by Gasteiger charge is -2.18. The summed E-state index contributed by atoms with van der Waals surface area (Å²) in [4.78, 5) is 28.5. The Kier molecular flexibility index (Phi) is 2.13. The minimum Gasteiger partial charge on any atom is -0.298 e. The number of fused-ring (bicyclic) bond motifs is 1. The maximum atomic E-state index is 11.6. The minimum atomic E-state index is -0.317. The van der Waals surface area contributed by atoms with Crippen LogP contribution in [0, 0.1) is 0 Å². The average Bonchev–Trinajstić information content (AvgIpc) is 2.55. The van der Waals surface area contributed by atoms with E-state index in [4.69, 9.17) is 0 Å². The van der Waals surface area contributed by atoms with Gasteiger partial charge in [0.15, 0.2) is 5.78 Å². The van der Waals surface area contributed by atoms with Crippen molar-refractivity contribution in [3.63, 3.8) is 0 Å². The number of carbonyl (C=O) groups excluding carboxylic acids is 2. The number of carbonyl (C=O) groups is 2. The summed E-state index contributed by atoms with van der Waals surface area (Å²) in [5.74, 6) is 0.860. The Hall–Kier alpha value is -0.460. The van der Waals surface area contributed by atoms with Gasteiger partial charge < -0.3 is 0 Å². The number of ketones is 1. The van der Waals surface area contributed by atoms with Crippen molar-refractivity contribution in [3.8, 4) is 0 Å². The quantitative estimate of drug-likeness (QED) is 0.518. The Balaban J connectivity index is 2.28. The van der Waals surface area contributed by atoms with Crippen molar-refractivity contribution in [2.45, 2.75) is 23.3 Å². The molecule has 0 aromatic carbocycles. The summed E-state index contributed by atoms with van der Waals surface area (Å²) in [5, 5.41) is 0. The molecule has 4 nitrogen and oxygen atoms in total. The predicted molar refractivity (Wildman–Crippen MR) is 56.0 cm³/mol. The van der Waals surface area contributed by atoms with Crippen LogP contribution in [0.25, 0.3) is 0 Å². The van der Waals surface area contributed by atoms with E-state index in [0.717, 1.165) is 5.84 Å². The number of hydrogen-bond acceptors (Lipinski definition) is 3. The molecule has 1 fully saturated rings. The Morgan fingerprint density at radius 2 is 2.38 bits per heavy atom. The summed E-state index contributed by atoms with van der Waals surface area (Å²) >= 11 is 2.10. The van der Waals surface area contributed by atoms with Gasteiger partial charge in [0.25, 0.3) is 0 Å². The molecule has 2 aliphatic heterocycles. The molecule has 2 heterocycles. The van der Waals surface area contributed by atoms with Crippen LogP contribution in [0.5, 0.6) is 0 Å². The third-order valence-corrected chi connectivity index (χ3v) is 3.35. The molecule has 2 unspecified atom stereocenters. The highest BCUT2D eigenvalue weighted by Gasteiger charge is 2.44. The number of alkyl halides is 1. The van der Waals surface area contributed by atoms with Gasteiger partial charge in [0.05, 0.1) is 10.5 Å². The first-order valence-electron chi connectivity index (χ1n) is 4.12. The van der Waals surface area contributed by atoms with Crippen LogP contribution >= 0.6 is 22.6 Å². The first-order valence-corrected chi connectivity index (χ1v) is 5.36. The molecule has 2 rings (SSSR count). The van der Waals surface area contributed by atoms with E-state index in [1.807, 2.05) is 0 Å². The maximum absolute atomic E-state index is 11.6. The Labute approximate surface area is 89.5 Å². The smallest absolute Gasteiger partial charge is 0.242 e. The molecule has 2 aliphatic rings. The van der Waals surface area contributed by atoms with Crippen molar-refractivity contribution in [1.82, 2.24) is 4.90 Å². The molecular weight excluding hydrogens is 283 g/mol. The van der Waals surface area contributed by atoms with Crippen LogP contribution in [0.15, 0.2) is 4.99 Å². The summed E-state index contributed by atoms with van der Waals surface area (Å²) in [6, 6.07) is -0.317. The molecule has 0 aliphatic carbocycles. The van der Waals surface area contributed by atoms with Gasteiger partial charge in [-0.05, 0) is 6.92 Å². The summed E-state index contributed by atoms with van der Waals surface area (Å²) in [7, 11) is 0. The van der Waals surface area contributed by atoms with Gasteiger partial charge in [0.1, 0.15) is 11.9 Å². The van der Waals surface area contributed by atoms with Crippen LogP contribution in [-0.4, -0.2) is 38.9 Å². The largest absolute Gasteiger partial charge is 0.298 e. The zero-order valence-corrected chi connectivity index (χ0v) is 9.32. The average molecular weight is 292 g/mol. The third-order valence-electron chi connectivity index (χ3n) is 2.37. The Bertz CT molecular complexity index is 313. The SMILES string of the molecule is CC(=O)C1CN=C2CC(I)C(=O)N21. The lowest BCUT2D eigenvalue weighted by molar-refractivity contribution is -0.131. The van der Waals surface area contributed by atoms with Crippen LogP contribution in [0.2, 0.25) is 0 Å². The number of aliphatic imine (C=N–C) groups is 1. The molecule has 1 saturated heterocycles. The van der Waals surface area contributed by atoms with Crippen molar-refractivity contribution in [1.29, 1.82) is 0 Å². The van der Waals surface area contributed by atoms with Crippen LogP contribution in [0.3, 0.4) is 0 Å². The first-order chi connectivity index (χ1) is 6.11. The molecule has 0 aromatic heterocycles. The Morgan fingerprint density at radius 1 is 1.69 bits per heavy atom. The van der Waals surface area contributed by atoms with Crippen LogP contribution in [0.1, 0.15) is 13.3 Å². The van der Waals surface area contributed by atoms with Crippen LogP contribution in [-0.2, 0) is 9.59 Å². The first kappa shape index (κ1) is 9.11. The lowest BCUT2D eigenvalue weighted by Crippen LogP contribution is -2.42. The standard InChI is InChI=1S/C8H9IN2O2/c1-4(12)6-3-10-7-2-5(9)8(13)11(6)7/h5-6H,2-3H2,1H3. The minimum absolute atomic E-state index is 0.0256. The second-order valence-electron chi connectivity index (χ2n) is 3.26. The number of Topliss-reactive ketones (excluding diaryl/α,β-unsaturated/α-hetero) is 1. The summed E-state index contributed by atoms with van der Waals surface area (Å²) < 4.78 is -0.0292. The van der Waals surface area contributed by atoms with Gasteiger partial charge in [0, 0.05) is 6.42 Å². The number of nitrogens with zero attached hydrogens (tertiary/aromatic N) is 2. The molecule has 0 spiro atoms. The normalized spacial score (nSPS) is 32.0. The molecule has 2 atom stereocenters. The summed E-state index contributed by atoms with van der Waals surface area (Å²) in [6.45, 7) is 1.97. The second-order valence-corrected chi connectivity index (χ2v) is 4.77. The highest BCUT2D eigenvalue weighted by molar-refractivity contribution is 14.1. The highest BCUT2D eigenvalue weighted by atomic mass is 127. The Morgan fingerprint density at radius 3 is 3.00 bits per heavy atom. The van der Waals surface area contributed by atoms with Gasteiger partial charge in [-0.15, -0.1) is 0 Å². The molecule has 0 radical (unpaired) electrons. The van der Waals surface area contributed by atoms with Crippen molar-refractivity contribution in [3.05, 3.63) is 0 Å². The van der Waals surface area contributed by atoms with Gasteiger partial charge in [-0.3, -0.25) is 19.5 Å². The van der Waals surface area contributed by atoms with Crippen molar-refractivity contribution >= 4 is 40.1 Å². The zero-order chi connectivity index (χ0) is 9.59. The third kappa shape index (κ3) is 1.29. The number of amides is 1. The second kappa shape index (κ2) is 3.04. The number of halogens is 1. The fourth-order valence-corrected chi connectivity index (χ4v) is 2.38. The van der Waals surface area contributed by atoms with Gasteiger partial charge in [0.2, 0.25) is 5.91 Å². The van der Waals surface area contributed by atoms with E-state index in [9.17, 15) is 9.59 Å². The monoisotopic (exact) mass is 292 g/mol. The van der Waals surface area contributed by atoms with E-state index >= 15 is 0 Å². The number of hydrogen-bond donors (Lipinski definition) is 0. The lowest BCUT2D eigenvalue weighted by atomic mass is 10.2. The van der Waals surface area contributed by atoms with Crippen LogP contribution < -0.4 is 0 Å². The molecule has 5 heteroatoms. The van der Waals surface area contributed by atoms with E-state index in [2.05, 4.69) is 27.6 Å². The van der Waals surface area contributed by atoms with Crippen LogP contribution in [0.4, 0.5) is 0 Å². The van der Waals surface area contributed by atoms with Gasteiger partial charge in [-0.1, -0.05) is 22.6 Å². The van der Waals surface area contributed by atoms with E-state index < -0.39 is 0 Å². The van der Waals surface area contributed by atoms with E-state index in [0.29, 0.717) is 13.0 Å². The molecule has 0 aromatic rings. The zero-order valence-electron chi connectivity index (χ0n) is 7.16. The highest BCUT2D eigenvalue weighted by Crippen LogP contribution is 2.27. The molecule has 0 N–H and O–H groups in total. The van der Waals surface area contributed by atoms with Gasteiger partial charge >= 0.3 is 0 Å². The van der Waals surface area contributed by atoms with E-state index in [1.54, 1.807) is 4.90 Å². The van der Waals surface area contributed by atoms with E-state index in [1.165, 1.54) is 6.92 Å². The molecule has 70 valence electrons. The maximum Gasteiger partial charge on any atom is 0.242 e. The van der Waals surface area contributed by atoms with Crippen molar-refractivity contribution in [2.75, 3.05) is 6.54 Å². The number of amidine groups is 1. The van der Waals surface area contributed by atoms with E-state index in [-0.39, 0.29) is 21.7 Å². The topological polar surface area (TPSA) is 49.7 Å². The summed E-state index contributed by atoms with van der Waals surface area (Å²) in [6.07, 6.45) is 0.684. The van der Waals surface area contributed by atoms with Gasteiger partial charge in [-0.25, -0.2) is 0 Å². The molecular formula is C8H9IN2O2. The number of rotatable bonds is 1.